The highest BCUT2D eigenvalue weighted by Crippen LogP contribution is 2.32. The second-order valence-electron chi connectivity index (χ2n) is 3.74. The summed E-state index contributed by atoms with van der Waals surface area (Å²) in [6, 6.07) is 2.00. The number of nitrogens with zero attached hydrogens (tertiary/aromatic N) is 1. The molecule has 2 N–H and O–H groups in total. The molecule has 0 saturated heterocycles. The minimum atomic E-state index is -4.19. The summed E-state index contributed by atoms with van der Waals surface area (Å²) in [4.78, 5) is 9.53. The summed E-state index contributed by atoms with van der Waals surface area (Å²) < 4.78 is 28.2. The van der Waals surface area contributed by atoms with Gasteiger partial charge in [-0.05, 0) is 12.5 Å². The highest BCUT2D eigenvalue weighted by Gasteiger charge is 2.23. The first kappa shape index (κ1) is 16.7. The van der Waals surface area contributed by atoms with Crippen LogP contribution in [0.25, 0.3) is 0 Å². The Labute approximate surface area is 125 Å². The molecule has 0 aromatic heterocycles. The smallest absolute Gasteiger partial charge is 0.271 e. The van der Waals surface area contributed by atoms with Gasteiger partial charge in [-0.15, -0.1) is 0 Å². The van der Waals surface area contributed by atoms with E-state index in [1.54, 1.807) is 0 Å². The van der Waals surface area contributed by atoms with Crippen LogP contribution >= 0.6 is 23.2 Å². The number of sulfonamides is 1. The van der Waals surface area contributed by atoms with Gasteiger partial charge >= 0.3 is 0 Å². The van der Waals surface area contributed by atoms with E-state index >= 15 is 0 Å². The van der Waals surface area contributed by atoms with E-state index in [0.29, 0.717) is 0 Å². The zero-order chi connectivity index (χ0) is 15.5. The Kier molecular flexibility index (Phi) is 5.35. The second-order valence-corrected chi connectivity index (χ2v) is 5.97. The number of hydrogen-bond acceptors (Lipinski definition) is 5. The topological polar surface area (TPSA) is 113 Å². The summed E-state index contributed by atoms with van der Waals surface area (Å²) in [5.41, 5.74) is 0.888. The van der Waals surface area contributed by atoms with Crippen molar-refractivity contribution in [1.29, 1.82) is 0 Å². The molecule has 20 heavy (non-hydrogen) atoms. The van der Waals surface area contributed by atoms with Gasteiger partial charge < -0.3 is 4.74 Å². The number of primary sulfonamides is 1. The van der Waals surface area contributed by atoms with Crippen molar-refractivity contribution in [3.05, 3.63) is 38.4 Å². The summed E-state index contributed by atoms with van der Waals surface area (Å²) >= 11 is 11.0. The Balaban J connectivity index is 3.39. The van der Waals surface area contributed by atoms with Gasteiger partial charge in [0, 0.05) is 17.7 Å². The van der Waals surface area contributed by atoms with Crippen LogP contribution in [0.5, 0.6) is 5.75 Å². The number of halogens is 2. The van der Waals surface area contributed by atoms with Crippen molar-refractivity contribution in [2.45, 2.75) is 11.8 Å². The number of nitro groups is 1. The number of rotatable bonds is 5. The predicted molar refractivity (Wildman–Crippen MR) is 74.5 cm³/mol. The average Bonchev–Trinajstić information content (AvgIpc) is 2.34. The molecule has 1 rings (SSSR count). The minimum absolute atomic E-state index is 0.102. The Morgan fingerprint density at radius 2 is 2.15 bits per heavy atom. The summed E-state index contributed by atoms with van der Waals surface area (Å²) in [5.74, 6) is -0.102. The molecule has 0 atom stereocenters. The van der Waals surface area contributed by atoms with E-state index in [4.69, 9.17) is 33.1 Å². The van der Waals surface area contributed by atoms with Crippen molar-refractivity contribution in [3.8, 4) is 5.75 Å². The maximum atomic E-state index is 11.5. The molecule has 0 amide bonds. The first-order valence-electron chi connectivity index (χ1n) is 5.06. The van der Waals surface area contributed by atoms with Crippen LogP contribution < -0.4 is 9.88 Å². The third-order valence-corrected chi connectivity index (χ3v) is 3.73. The molecule has 0 aliphatic carbocycles. The third kappa shape index (κ3) is 4.07. The van der Waals surface area contributed by atoms with Crippen molar-refractivity contribution >= 4 is 38.9 Å². The van der Waals surface area contributed by atoms with Gasteiger partial charge in [0.2, 0.25) is 10.0 Å². The van der Waals surface area contributed by atoms with E-state index in [0.717, 1.165) is 11.6 Å². The fraction of sp³-hybridized carbons (Fsp3) is 0.200. The summed E-state index contributed by atoms with van der Waals surface area (Å²) in [6.07, 6.45) is 0. The lowest BCUT2D eigenvalue weighted by Gasteiger charge is -2.12. The molecule has 0 spiro atoms. The van der Waals surface area contributed by atoms with E-state index in [2.05, 4.69) is 0 Å². The predicted octanol–water partition coefficient (Wildman–Crippen LogP) is 2.25. The van der Waals surface area contributed by atoms with Crippen LogP contribution in [0, 0.1) is 17.0 Å². The monoisotopic (exact) mass is 340 g/mol. The number of nitro benzene ring substituents is 1. The van der Waals surface area contributed by atoms with E-state index < -0.39 is 25.5 Å². The van der Waals surface area contributed by atoms with Gasteiger partial charge in [0.05, 0.1) is 9.96 Å². The molecule has 0 radical (unpaired) electrons. The Bertz CT molecular complexity index is 672. The van der Waals surface area contributed by atoms with Crippen molar-refractivity contribution in [3.63, 3.8) is 0 Å². The number of nitrogens with two attached hydrogens (primary N) is 1. The molecular weight excluding hydrogens is 331 g/mol. The van der Waals surface area contributed by atoms with Crippen molar-refractivity contribution in [2.75, 3.05) is 6.61 Å². The molecule has 0 bridgehead atoms. The molecule has 0 aliphatic rings. The largest absolute Gasteiger partial charge is 0.486 e. The number of hydrogen-bond donors (Lipinski definition) is 1. The molecule has 0 fully saturated rings. The van der Waals surface area contributed by atoms with Crippen molar-refractivity contribution in [2.24, 2.45) is 5.14 Å². The summed E-state index contributed by atoms with van der Waals surface area (Å²) in [7, 11) is -4.19. The zero-order valence-electron chi connectivity index (χ0n) is 10.2. The maximum Gasteiger partial charge on any atom is 0.271 e. The van der Waals surface area contributed by atoms with Crippen LogP contribution in [0.15, 0.2) is 27.6 Å². The maximum absolute atomic E-state index is 11.5. The van der Waals surface area contributed by atoms with Crippen LogP contribution in [-0.4, -0.2) is 19.9 Å². The fourth-order valence-electron chi connectivity index (χ4n) is 1.40. The molecule has 0 saturated carbocycles. The molecule has 1 aromatic rings. The van der Waals surface area contributed by atoms with Gasteiger partial charge in [0.25, 0.3) is 5.69 Å². The SMILES string of the molecule is Cc1cc([N+](=O)[O-])cc(S(N)(=O)=O)c1OC/C(Cl)=C/Cl. The van der Waals surface area contributed by atoms with Gasteiger partial charge in [-0.25, -0.2) is 13.6 Å². The lowest BCUT2D eigenvalue weighted by atomic mass is 10.2. The Morgan fingerprint density at radius 1 is 1.55 bits per heavy atom. The molecule has 0 aliphatic heterocycles. The normalized spacial score (nSPS) is 12.3. The number of non-ortho nitro benzene ring substituents is 1. The van der Waals surface area contributed by atoms with Crippen molar-refractivity contribution in [1.82, 2.24) is 0 Å². The average molecular weight is 341 g/mol. The first-order valence-corrected chi connectivity index (χ1v) is 7.42. The first-order chi connectivity index (χ1) is 9.16. The van der Waals surface area contributed by atoms with Gasteiger partial charge in [0.1, 0.15) is 17.3 Å². The molecule has 10 heteroatoms. The molecule has 1 aromatic carbocycles. The van der Waals surface area contributed by atoms with E-state index in [1.165, 1.54) is 13.0 Å². The number of ether oxygens (including phenoxy) is 1. The lowest BCUT2D eigenvalue weighted by Crippen LogP contribution is -2.15. The van der Waals surface area contributed by atoms with Crippen LogP contribution in [0.1, 0.15) is 5.56 Å². The van der Waals surface area contributed by atoms with Gasteiger partial charge in [-0.2, -0.15) is 0 Å². The van der Waals surface area contributed by atoms with Gasteiger partial charge in [-0.1, -0.05) is 23.2 Å². The van der Waals surface area contributed by atoms with Crippen molar-refractivity contribution < 1.29 is 18.1 Å². The number of aryl methyl sites for hydroxylation is 1. The lowest BCUT2D eigenvalue weighted by molar-refractivity contribution is -0.385. The van der Waals surface area contributed by atoms with Crippen LogP contribution in [0.3, 0.4) is 0 Å². The highest BCUT2D eigenvalue weighted by atomic mass is 35.5. The van der Waals surface area contributed by atoms with E-state index in [1.807, 2.05) is 0 Å². The second kappa shape index (κ2) is 6.40. The van der Waals surface area contributed by atoms with E-state index in [9.17, 15) is 18.5 Å². The third-order valence-electron chi connectivity index (χ3n) is 2.22. The molecule has 0 unspecified atom stereocenters. The summed E-state index contributed by atoms with van der Waals surface area (Å²) in [5, 5.41) is 15.9. The molecule has 7 nitrogen and oxygen atoms in total. The van der Waals surface area contributed by atoms with Gasteiger partial charge in [0.15, 0.2) is 0 Å². The Morgan fingerprint density at radius 3 is 2.60 bits per heavy atom. The Hall–Kier alpha value is -1.35. The highest BCUT2D eigenvalue weighted by molar-refractivity contribution is 7.89. The van der Waals surface area contributed by atoms with Gasteiger partial charge in [-0.3, -0.25) is 10.1 Å². The molecule has 0 heterocycles. The summed E-state index contributed by atoms with van der Waals surface area (Å²) in [6.45, 7) is 1.27. The quantitative estimate of drug-likeness (QED) is 0.652. The molecule has 110 valence electrons. The minimum Gasteiger partial charge on any atom is -0.486 e. The molecular formula is C10H10Cl2N2O5S. The zero-order valence-corrected chi connectivity index (χ0v) is 12.5. The van der Waals surface area contributed by atoms with Crippen LogP contribution in [-0.2, 0) is 10.0 Å². The van der Waals surface area contributed by atoms with Crippen LogP contribution in [0.2, 0.25) is 0 Å². The van der Waals surface area contributed by atoms with E-state index in [-0.39, 0.29) is 23.0 Å². The van der Waals surface area contributed by atoms with Crippen LogP contribution in [0.4, 0.5) is 5.69 Å². The fourth-order valence-corrected chi connectivity index (χ4v) is 2.28. The number of benzene rings is 1. The standard InChI is InChI=1S/C10H10Cl2N2O5S/c1-6-2-8(14(15)16)3-9(20(13,17)18)10(6)19-5-7(12)4-11/h2-4H,5H2,1H3,(H2,13,17,18)/b7-4-.